The summed E-state index contributed by atoms with van der Waals surface area (Å²) in [7, 11) is 0. The minimum absolute atomic E-state index is 0.320. The Morgan fingerprint density at radius 2 is 2.15 bits per heavy atom. The third kappa shape index (κ3) is 2.19. The predicted molar refractivity (Wildman–Crippen MR) is 47.2 cm³/mol. The van der Waals surface area contributed by atoms with Crippen molar-refractivity contribution >= 4 is 5.97 Å². The molecule has 0 fully saturated rings. The van der Waals surface area contributed by atoms with Gasteiger partial charge >= 0.3 is 5.97 Å². The molecule has 0 atom stereocenters. The van der Waals surface area contributed by atoms with Crippen molar-refractivity contribution in [2.75, 3.05) is 6.61 Å². The molecule has 0 spiro atoms. The third-order valence-corrected chi connectivity index (χ3v) is 1.51. The lowest BCUT2D eigenvalue weighted by atomic mass is 10.2. The van der Waals surface area contributed by atoms with Gasteiger partial charge in [0, 0.05) is 0 Å². The van der Waals surface area contributed by atoms with Gasteiger partial charge in [0.1, 0.15) is 5.56 Å². The molecule has 0 unspecified atom stereocenters. The molecule has 0 aliphatic carbocycles. The zero-order valence-corrected chi connectivity index (χ0v) is 7.32. The number of rotatable bonds is 3. The van der Waals surface area contributed by atoms with Crippen molar-refractivity contribution < 1.29 is 14.4 Å². The van der Waals surface area contributed by atoms with Crippen LogP contribution in [0.2, 0.25) is 0 Å². The summed E-state index contributed by atoms with van der Waals surface area (Å²) in [5, 5.41) is 0. The second-order valence-electron chi connectivity index (χ2n) is 2.33. The molecule has 0 bridgehead atoms. The molecule has 1 rings (SSSR count). The largest absolute Gasteiger partial charge is 0.462 e. The van der Waals surface area contributed by atoms with Crippen molar-refractivity contribution in [3.8, 4) is 5.75 Å². The number of carbonyl (C=O) groups excluding carboxylic acids is 1. The van der Waals surface area contributed by atoms with Crippen LogP contribution in [0.3, 0.4) is 0 Å². The molecular weight excluding hydrogens is 170 g/mol. The van der Waals surface area contributed by atoms with Gasteiger partial charge in [0.15, 0.2) is 5.75 Å². The average Bonchev–Trinajstić information content (AvgIpc) is 2.18. The fraction of sp³-hybridized carbons (Fsp3) is 0.222. The SMILES string of the molecule is CCOC(=O)c1ccccc1ON. The molecular formula is C9H11NO3. The molecule has 4 heteroatoms. The summed E-state index contributed by atoms with van der Waals surface area (Å²) >= 11 is 0. The molecule has 2 N–H and O–H groups in total. The summed E-state index contributed by atoms with van der Waals surface area (Å²) in [6, 6.07) is 6.64. The molecule has 0 radical (unpaired) electrons. The van der Waals surface area contributed by atoms with E-state index in [9.17, 15) is 4.79 Å². The molecule has 0 heterocycles. The number of para-hydroxylation sites is 1. The van der Waals surface area contributed by atoms with Crippen molar-refractivity contribution in [2.45, 2.75) is 6.92 Å². The number of nitrogens with two attached hydrogens (primary N) is 1. The van der Waals surface area contributed by atoms with Gasteiger partial charge in [-0.15, -0.1) is 0 Å². The van der Waals surface area contributed by atoms with Gasteiger partial charge < -0.3 is 9.57 Å². The van der Waals surface area contributed by atoms with Gasteiger partial charge in [-0.05, 0) is 19.1 Å². The van der Waals surface area contributed by atoms with E-state index in [1.807, 2.05) is 0 Å². The van der Waals surface area contributed by atoms with E-state index < -0.39 is 5.97 Å². The van der Waals surface area contributed by atoms with Crippen LogP contribution in [0, 0.1) is 0 Å². The van der Waals surface area contributed by atoms with Crippen LogP contribution in [0.1, 0.15) is 17.3 Å². The number of esters is 1. The molecule has 1 aromatic rings. The molecule has 0 aliphatic rings. The Morgan fingerprint density at radius 1 is 1.46 bits per heavy atom. The standard InChI is InChI=1S/C9H11NO3/c1-2-12-9(11)7-5-3-4-6-8(7)13-10/h3-6H,2,10H2,1H3. The van der Waals surface area contributed by atoms with Crippen LogP contribution in [0.4, 0.5) is 0 Å². The molecule has 0 aliphatic heterocycles. The first-order chi connectivity index (χ1) is 6.29. The summed E-state index contributed by atoms with van der Waals surface area (Å²) in [5.41, 5.74) is 0.340. The van der Waals surface area contributed by atoms with E-state index in [0.717, 1.165) is 0 Å². The summed E-state index contributed by atoms with van der Waals surface area (Å²) in [6.45, 7) is 2.07. The van der Waals surface area contributed by atoms with Gasteiger partial charge in [0.2, 0.25) is 0 Å². The Bertz CT molecular complexity index is 299. The van der Waals surface area contributed by atoms with Crippen molar-refractivity contribution in [1.82, 2.24) is 0 Å². The minimum atomic E-state index is -0.427. The maximum absolute atomic E-state index is 11.3. The zero-order chi connectivity index (χ0) is 9.68. The van der Waals surface area contributed by atoms with E-state index in [1.54, 1.807) is 31.2 Å². The molecule has 70 valence electrons. The number of ether oxygens (including phenoxy) is 1. The maximum atomic E-state index is 11.3. The summed E-state index contributed by atoms with van der Waals surface area (Å²) in [5.74, 6) is 4.87. The molecule has 1 aromatic carbocycles. The Hall–Kier alpha value is -1.55. The lowest BCUT2D eigenvalue weighted by Crippen LogP contribution is -2.10. The average molecular weight is 181 g/mol. The second-order valence-corrected chi connectivity index (χ2v) is 2.33. The molecule has 0 saturated carbocycles. The quantitative estimate of drug-likeness (QED) is 0.560. The van der Waals surface area contributed by atoms with Crippen LogP contribution < -0.4 is 10.7 Å². The highest BCUT2D eigenvalue weighted by atomic mass is 16.6. The van der Waals surface area contributed by atoms with Crippen LogP contribution in [0.15, 0.2) is 24.3 Å². The summed E-state index contributed by atoms with van der Waals surface area (Å²) in [6.07, 6.45) is 0. The van der Waals surface area contributed by atoms with Crippen LogP contribution in [-0.4, -0.2) is 12.6 Å². The summed E-state index contributed by atoms with van der Waals surface area (Å²) in [4.78, 5) is 15.8. The lowest BCUT2D eigenvalue weighted by Gasteiger charge is -2.05. The van der Waals surface area contributed by atoms with Crippen LogP contribution >= 0.6 is 0 Å². The van der Waals surface area contributed by atoms with E-state index in [2.05, 4.69) is 4.84 Å². The first kappa shape index (κ1) is 9.54. The lowest BCUT2D eigenvalue weighted by molar-refractivity contribution is 0.0521. The first-order valence-electron chi connectivity index (χ1n) is 3.92. The number of hydrogen-bond donors (Lipinski definition) is 1. The highest BCUT2D eigenvalue weighted by molar-refractivity contribution is 5.92. The van der Waals surface area contributed by atoms with Gasteiger partial charge in [-0.25, -0.2) is 4.79 Å². The zero-order valence-electron chi connectivity index (χ0n) is 7.32. The van der Waals surface area contributed by atoms with Gasteiger partial charge in [-0.2, -0.15) is 5.90 Å². The third-order valence-electron chi connectivity index (χ3n) is 1.51. The Labute approximate surface area is 76.2 Å². The highest BCUT2D eigenvalue weighted by Gasteiger charge is 2.11. The fourth-order valence-corrected chi connectivity index (χ4v) is 0.947. The van der Waals surface area contributed by atoms with Crippen LogP contribution in [-0.2, 0) is 4.74 Å². The van der Waals surface area contributed by atoms with Gasteiger partial charge in [-0.1, -0.05) is 12.1 Å². The molecule has 4 nitrogen and oxygen atoms in total. The van der Waals surface area contributed by atoms with E-state index in [0.29, 0.717) is 17.9 Å². The molecule has 0 saturated heterocycles. The number of benzene rings is 1. The highest BCUT2D eigenvalue weighted by Crippen LogP contribution is 2.17. The summed E-state index contributed by atoms with van der Waals surface area (Å²) < 4.78 is 4.80. The normalized spacial score (nSPS) is 9.38. The van der Waals surface area contributed by atoms with E-state index in [4.69, 9.17) is 10.6 Å². The first-order valence-corrected chi connectivity index (χ1v) is 3.92. The molecule has 0 aromatic heterocycles. The van der Waals surface area contributed by atoms with Crippen molar-refractivity contribution in [1.29, 1.82) is 0 Å². The smallest absolute Gasteiger partial charge is 0.342 e. The Morgan fingerprint density at radius 3 is 2.77 bits per heavy atom. The van der Waals surface area contributed by atoms with Crippen LogP contribution in [0.5, 0.6) is 5.75 Å². The number of hydrogen-bond acceptors (Lipinski definition) is 4. The van der Waals surface area contributed by atoms with E-state index in [-0.39, 0.29) is 0 Å². The van der Waals surface area contributed by atoms with Crippen molar-refractivity contribution in [3.05, 3.63) is 29.8 Å². The van der Waals surface area contributed by atoms with Crippen LogP contribution in [0.25, 0.3) is 0 Å². The Balaban J connectivity index is 2.92. The predicted octanol–water partition coefficient (Wildman–Crippen LogP) is 1.12. The minimum Gasteiger partial charge on any atom is -0.462 e. The van der Waals surface area contributed by atoms with E-state index >= 15 is 0 Å². The van der Waals surface area contributed by atoms with Crippen molar-refractivity contribution in [3.63, 3.8) is 0 Å². The van der Waals surface area contributed by atoms with E-state index in [1.165, 1.54) is 0 Å². The topological polar surface area (TPSA) is 61.5 Å². The molecule has 13 heavy (non-hydrogen) atoms. The van der Waals surface area contributed by atoms with Crippen molar-refractivity contribution in [2.24, 2.45) is 5.90 Å². The second kappa shape index (κ2) is 4.47. The monoisotopic (exact) mass is 181 g/mol. The number of carbonyl (C=O) groups is 1. The van der Waals surface area contributed by atoms with Gasteiger partial charge in [0.25, 0.3) is 0 Å². The van der Waals surface area contributed by atoms with Gasteiger partial charge in [-0.3, -0.25) is 0 Å². The fourth-order valence-electron chi connectivity index (χ4n) is 0.947. The molecule has 0 amide bonds. The maximum Gasteiger partial charge on any atom is 0.342 e. The van der Waals surface area contributed by atoms with Gasteiger partial charge in [0.05, 0.1) is 6.61 Å². The Kier molecular flexibility index (Phi) is 3.28.